The molecule has 55 heavy (non-hydrogen) atoms. The fraction of sp³-hybridized carbons (Fsp3) is 0.205. The van der Waals surface area contributed by atoms with Crippen LogP contribution in [0.5, 0.6) is 0 Å². The van der Waals surface area contributed by atoms with Gasteiger partial charge in [0.15, 0.2) is 6.10 Å². The summed E-state index contributed by atoms with van der Waals surface area (Å²) < 4.78 is 31.4. The van der Waals surface area contributed by atoms with Gasteiger partial charge in [-0.25, -0.2) is 24.0 Å². The number of benzene rings is 5. The minimum absolute atomic E-state index is 0.151. The summed E-state index contributed by atoms with van der Waals surface area (Å²) in [6.07, 6.45) is -0.960. The zero-order chi connectivity index (χ0) is 39.3. The van der Waals surface area contributed by atoms with E-state index >= 15 is 0 Å². The fourth-order valence-corrected chi connectivity index (χ4v) is 4.60. The number of hydrogen-bond donors (Lipinski definition) is 0. The van der Waals surface area contributed by atoms with Gasteiger partial charge >= 0.3 is 29.8 Å². The summed E-state index contributed by atoms with van der Waals surface area (Å²) in [6, 6.07) is 39.6. The summed E-state index contributed by atoms with van der Waals surface area (Å²) in [5.74, 6) is -2.49. The number of esters is 5. The highest BCUT2D eigenvalue weighted by atomic mass is 16.6. The van der Waals surface area contributed by atoms with Crippen molar-refractivity contribution in [2.24, 2.45) is 0 Å². The van der Waals surface area contributed by atoms with Crippen LogP contribution in [0.1, 0.15) is 62.9 Å². The first kappa shape index (κ1) is 41.2. The average Bonchev–Trinajstić information content (AvgIpc) is 3.22. The number of carbonyl (C=O) groups excluding carboxylic acids is 5. The van der Waals surface area contributed by atoms with E-state index in [4.69, 9.17) is 28.4 Å². The van der Waals surface area contributed by atoms with Gasteiger partial charge < -0.3 is 28.4 Å². The molecule has 0 aliphatic heterocycles. The monoisotopic (exact) mass is 746 g/mol. The van der Waals surface area contributed by atoms with Gasteiger partial charge in [0, 0.05) is 0 Å². The molecule has 0 fully saturated rings. The summed E-state index contributed by atoms with van der Waals surface area (Å²) in [7, 11) is 0. The van der Waals surface area contributed by atoms with Gasteiger partial charge in [-0.15, -0.1) is 0 Å². The molecule has 0 amide bonds. The van der Waals surface area contributed by atoms with Crippen molar-refractivity contribution in [3.63, 3.8) is 0 Å². The van der Waals surface area contributed by atoms with Gasteiger partial charge in [0.1, 0.15) is 26.4 Å². The zero-order valence-corrected chi connectivity index (χ0v) is 30.6. The molecule has 0 N–H and O–H groups in total. The lowest BCUT2D eigenvalue weighted by Crippen LogP contribution is -2.31. The average molecular weight is 747 g/mol. The van der Waals surface area contributed by atoms with E-state index < -0.39 is 24.0 Å². The van der Waals surface area contributed by atoms with E-state index in [1.165, 1.54) is 0 Å². The molecule has 0 atom stereocenters. The lowest BCUT2D eigenvalue weighted by Gasteiger charge is -2.18. The van der Waals surface area contributed by atoms with Crippen molar-refractivity contribution < 1.29 is 52.4 Å². The third kappa shape index (κ3) is 14.8. The molecule has 0 aromatic heterocycles. The Morgan fingerprint density at radius 3 is 1.05 bits per heavy atom. The van der Waals surface area contributed by atoms with Crippen LogP contribution < -0.4 is 0 Å². The van der Waals surface area contributed by atoms with E-state index in [1.54, 1.807) is 115 Å². The fourth-order valence-electron chi connectivity index (χ4n) is 4.60. The van der Waals surface area contributed by atoms with Crippen LogP contribution in [-0.4, -0.2) is 75.6 Å². The van der Waals surface area contributed by atoms with E-state index in [-0.39, 0.29) is 51.6 Å². The Labute approximate surface area is 319 Å². The first-order chi connectivity index (χ1) is 26.7. The molecule has 11 nitrogen and oxygen atoms in total. The van der Waals surface area contributed by atoms with Gasteiger partial charge in [0.05, 0.1) is 41.0 Å². The third-order valence-corrected chi connectivity index (χ3v) is 7.60. The molecular formula is C44H42O11. The molecule has 0 unspecified atom stereocenters. The summed E-state index contributed by atoms with van der Waals surface area (Å²) >= 11 is 0. The maximum Gasteiger partial charge on any atom is 0.338 e. The summed E-state index contributed by atoms with van der Waals surface area (Å²) in [5, 5.41) is 0. The molecule has 0 spiro atoms. The highest BCUT2D eigenvalue weighted by Crippen LogP contribution is 2.10. The second-order valence-electron chi connectivity index (χ2n) is 11.9. The van der Waals surface area contributed by atoms with Gasteiger partial charge in [0.2, 0.25) is 0 Å². The Morgan fingerprint density at radius 1 is 0.382 bits per heavy atom. The maximum atomic E-state index is 12.4. The van der Waals surface area contributed by atoms with Gasteiger partial charge in [0.25, 0.3) is 0 Å². The first-order valence-electron chi connectivity index (χ1n) is 17.5. The van der Waals surface area contributed by atoms with E-state index in [1.807, 2.05) is 38.1 Å². The van der Waals surface area contributed by atoms with Crippen molar-refractivity contribution in [3.05, 3.63) is 178 Å². The normalized spacial score (nSPS) is 10.3. The molecule has 0 aliphatic rings. The topological polar surface area (TPSA) is 141 Å². The van der Waals surface area contributed by atoms with E-state index in [2.05, 4.69) is 0 Å². The lowest BCUT2D eigenvalue weighted by atomic mass is 10.1. The van der Waals surface area contributed by atoms with Crippen molar-refractivity contribution in [1.82, 2.24) is 0 Å². The Bertz CT molecular complexity index is 1830. The van der Waals surface area contributed by atoms with Gasteiger partial charge in [-0.3, -0.25) is 0 Å². The minimum atomic E-state index is -0.960. The van der Waals surface area contributed by atoms with Crippen molar-refractivity contribution >= 4 is 29.8 Å². The molecule has 11 heteroatoms. The van der Waals surface area contributed by atoms with Gasteiger partial charge in [-0.1, -0.05) is 90.0 Å². The third-order valence-electron chi connectivity index (χ3n) is 7.60. The van der Waals surface area contributed by atoms with Crippen LogP contribution in [0.3, 0.4) is 0 Å². The predicted molar refractivity (Wildman–Crippen MR) is 203 cm³/mol. The second-order valence-corrected chi connectivity index (χ2v) is 11.9. The van der Waals surface area contributed by atoms with Crippen molar-refractivity contribution in [2.45, 2.75) is 20.0 Å². The molecule has 0 saturated heterocycles. The molecule has 5 aromatic carbocycles. The Balaban J connectivity index is 0.000000249. The Hall–Kier alpha value is -6.59. The number of rotatable bonds is 16. The molecule has 0 heterocycles. The Kier molecular flexibility index (Phi) is 16.8. The SMILES string of the molecule is Cc1ccc(C(=O)OCCOCCOC(=O)c2ccc(C)cc2)cc1.O=C(OCC(COC(=O)c1ccccc1)OC(=O)c1ccccc1)c1ccccc1. The van der Waals surface area contributed by atoms with Crippen molar-refractivity contribution in [2.75, 3.05) is 39.6 Å². The quantitative estimate of drug-likeness (QED) is 0.0572. The van der Waals surface area contributed by atoms with E-state index in [0.717, 1.165) is 11.1 Å². The van der Waals surface area contributed by atoms with Crippen LogP contribution in [0.15, 0.2) is 140 Å². The van der Waals surface area contributed by atoms with Gasteiger partial charge in [-0.2, -0.15) is 0 Å². The summed E-state index contributed by atoms with van der Waals surface area (Å²) in [5.41, 5.74) is 4.26. The van der Waals surface area contributed by atoms with Crippen LogP contribution in [0, 0.1) is 13.8 Å². The number of carbonyl (C=O) groups is 5. The zero-order valence-electron chi connectivity index (χ0n) is 30.6. The molecule has 0 saturated carbocycles. The molecule has 5 rings (SSSR count). The smallest absolute Gasteiger partial charge is 0.338 e. The molecule has 0 bridgehead atoms. The lowest BCUT2D eigenvalue weighted by molar-refractivity contribution is -0.0253. The van der Waals surface area contributed by atoms with Crippen LogP contribution in [-0.2, 0) is 28.4 Å². The van der Waals surface area contributed by atoms with Gasteiger partial charge in [-0.05, 0) is 74.5 Å². The number of ether oxygens (including phenoxy) is 6. The maximum absolute atomic E-state index is 12.4. The van der Waals surface area contributed by atoms with Crippen molar-refractivity contribution in [1.29, 1.82) is 0 Å². The second kappa shape index (κ2) is 22.5. The predicted octanol–water partition coefficient (Wildman–Crippen LogP) is 7.26. The minimum Gasteiger partial charge on any atom is -0.460 e. The molecular weight excluding hydrogens is 704 g/mol. The molecule has 0 aliphatic carbocycles. The summed E-state index contributed by atoms with van der Waals surface area (Å²) in [4.78, 5) is 60.3. The van der Waals surface area contributed by atoms with Crippen LogP contribution in [0.2, 0.25) is 0 Å². The molecule has 284 valence electrons. The van der Waals surface area contributed by atoms with Crippen LogP contribution in [0.4, 0.5) is 0 Å². The largest absolute Gasteiger partial charge is 0.460 e. The molecule has 0 radical (unpaired) electrons. The highest BCUT2D eigenvalue weighted by molar-refractivity contribution is 5.91. The van der Waals surface area contributed by atoms with Crippen LogP contribution in [0.25, 0.3) is 0 Å². The number of hydrogen-bond acceptors (Lipinski definition) is 11. The summed E-state index contributed by atoms with van der Waals surface area (Å²) in [6.45, 7) is 4.20. The van der Waals surface area contributed by atoms with E-state index in [0.29, 0.717) is 27.8 Å². The highest BCUT2D eigenvalue weighted by Gasteiger charge is 2.21. The van der Waals surface area contributed by atoms with Crippen LogP contribution >= 0.6 is 0 Å². The van der Waals surface area contributed by atoms with Crippen molar-refractivity contribution in [3.8, 4) is 0 Å². The Morgan fingerprint density at radius 2 is 0.691 bits per heavy atom. The number of aryl methyl sites for hydroxylation is 2. The van der Waals surface area contributed by atoms with E-state index in [9.17, 15) is 24.0 Å². The molecule has 5 aromatic rings. The standard InChI is InChI=1S/C24H20O6.C20H22O5/c25-22(18-10-4-1-5-11-18)28-16-21(30-24(27)20-14-8-3-9-15-20)17-29-23(26)19-12-6-2-7-13-19;1-15-3-7-17(8-4-15)19(21)24-13-11-23-12-14-25-20(22)18-9-5-16(2)6-10-18/h1-15,21H,16-17H2;3-10H,11-14H2,1-2H3. The first-order valence-corrected chi connectivity index (χ1v) is 17.5.